The van der Waals surface area contributed by atoms with E-state index in [1.165, 1.54) is 0 Å². The molecule has 7 heteroatoms. The third-order valence-electron chi connectivity index (χ3n) is 3.20. The first-order valence-corrected chi connectivity index (χ1v) is 7.15. The van der Waals surface area contributed by atoms with Gasteiger partial charge in [-0.1, -0.05) is 58.6 Å². The maximum absolute atomic E-state index is 11.4. The van der Waals surface area contributed by atoms with Gasteiger partial charge in [0.1, 0.15) is 0 Å². The van der Waals surface area contributed by atoms with Gasteiger partial charge in [-0.25, -0.2) is 0 Å². The number of carbonyl (C=O) groups excluding carboxylic acids is 1. The molecule has 0 fully saturated rings. The molecule has 112 valence electrons. The van der Waals surface area contributed by atoms with Crippen molar-refractivity contribution in [3.8, 4) is 0 Å². The van der Waals surface area contributed by atoms with Gasteiger partial charge in [-0.15, -0.1) is 0 Å². The summed E-state index contributed by atoms with van der Waals surface area (Å²) < 4.78 is 0. The number of rotatable bonds is 5. The van der Waals surface area contributed by atoms with Crippen LogP contribution in [0.25, 0.3) is 10.4 Å². The molecule has 2 aromatic rings. The lowest BCUT2D eigenvalue weighted by atomic mass is 9.88. The van der Waals surface area contributed by atoms with Gasteiger partial charge in [-0.3, -0.25) is 4.79 Å². The summed E-state index contributed by atoms with van der Waals surface area (Å²) in [5.41, 5.74) is 15.9. The first-order valence-electron chi connectivity index (χ1n) is 6.39. The second-order valence-corrected chi connectivity index (χ2v) is 5.51. The van der Waals surface area contributed by atoms with Crippen LogP contribution in [0.2, 0.25) is 10.0 Å². The van der Waals surface area contributed by atoms with Crippen LogP contribution < -0.4 is 5.73 Å². The van der Waals surface area contributed by atoms with Crippen LogP contribution in [-0.2, 0) is 4.79 Å². The number of nitrogens with two attached hydrogens (primary N) is 1. The number of azide groups is 1. The van der Waals surface area contributed by atoms with Crippen LogP contribution in [-0.4, -0.2) is 5.91 Å². The van der Waals surface area contributed by atoms with E-state index in [1.54, 1.807) is 42.5 Å². The molecule has 1 amide bonds. The molecule has 22 heavy (non-hydrogen) atoms. The van der Waals surface area contributed by atoms with Crippen molar-refractivity contribution in [2.45, 2.75) is 12.3 Å². The molecular weight excluding hydrogens is 323 g/mol. The molecule has 1 unspecified atom stereocenters. The second-order valence-electron chi connectivity index (χ2n) is 4.67. The molecule has 0 spiro atoms. The van der Waals surface area contributed by atoms with E-state index < -0.39 is 5.91 Å². The minimum Gasteiger partial charge on any atom is -0.370 e. The van der Waals surface area contributed by atoms with Gasteiger partial charge in [0.15, 0.2) is 0 Å². The SMILES string of the molecule is [N-]=[N+]=Nc1ccc(C(CC(N)=O)c2ccc(Cl)cc2Cl)cc1. The number of benzene rings is 2. The van der Waals surface area contributed by atoms with Crippen LogP contribution in [0.15, 0.2) is 47.6 Å². The van der Waals surface area contributed by atoms with E-state index in [9.17, 15) is 4.79 Å². The van der Waals surface area contributed by atoms with Crippen LogP contribution in [0.4, 0.5) is 5.69 Å². The summed E-state index contributed by atoms with van der Waals surface area (Å²) in [5.74, 6) is -0.725. The predicted molar refractivity (Wildman–Crippen MR) is 87.4 cm³/mol. The minimum atomic E-state index is -0.435. The molecule has 5 nitrogen and oxygen atoms in total. The fourth-order valence-electron chi connectivity index (χ4n) is 2.22. The van der Waals surface area contributed by atoms with Gasteiger partial charge in [0.2, 0.25) is 5.91 Å². The average molecular weight is 335 g/mol. The fourth-order valence-corrected chi connectivity index (χ4v) is 2.76. The van der Waals surface area contributed by atoms with Crippen molar-refractivity contribution in [2.75, 3.05) is 0 Å². The molecule has 0 saturated heterocycles. The van der Waals surface area contributed by atoms with Gasteiger partial charge in [-0.2, -0.15) is 0 Å². The Kier molecular flexibility index (Phi) is 5.28. The standard InChI is InChI=1S/C15H12Cl2N4O/c16-10-3-6-12(14(17)7-10)13(8-15(18)22)9-1-4-11(5-2-9)20-21-19/h1-7,13H,8H2,(H2,18,22). The summed E-state index contributed by atoms with van der Waals surface area (Å²) in [7, 11) is 0. The van der Waals surface area contributed by atoms with Crippen molar-refractivity contribution in [1.82, 2.24) is 0 Å². The van der Waals surface area contributed by atoms with Crippen molar-refractivity contribution in [1.29, 1.82) is 0 Å². The van der Waals surface area contributed by atoms with E-state index >= 15 is 0 Å². The van der Waals surface area contributed by atoms with Gasteiger partial charge >= 0.3 is 0 Å². The lowest BCUT2D eigenvalue weighted by molar-refractivity contribution is -0.118. The van der Waals surface area contributed by atoms with Crippen molar-refractivity contribution >= 4 is 34.8 Å². The fraction of sp³-hybridized carbons (Fsp3) is 0.133. The molecule has 0 saturated carbocycles. The van der Waals surface area contributed by atoms with E-state index in [0.717, 1.165) is 11.1 Å². The Morgan fingerprint density at radius 2 is 1.91 bits per heavy atom. The van der Waals surface area contributed by atoms with E-state index in [2.05, 4.69) is 10.0 Å². The molecule has 0 radical (unpaired) electrons. The highest BCUT2D eigenvalue weighted by atomic mass is 35.5. The normalized spacial score (nSPS) is 11.5. The first kappa shape index (κ1) is 16.2. The summed E-state index contributed by atoms with van der Waals surface area (Å²) >= 11 is 12.1. The molecular formula is C15H12Cl2N4O. The van der Waals surface area contributed by atoms with Crippen molar-refractivity contribution in [3.63, 3.8) is 0 Å². The minimum absolute atomic E-state index is 0.113. The van der Waals surface area contributed by atoms with Crippen LogP contribution in [0.3, 0.4) is 0 Å². The first-order chi connectivity index (χ1) is 10.5. The summed E-state index contributed by atoms with van der Waals surface area (Å²) in [5, 5.41) is 4.50. The molecule has 0 aliphatic carbocycles. The Bertz CT molecular complexity index is 740. The Morgan fingerprint density at radius 3 is 2.45 bits per heavy atom. The second kappa shape index (κ2) is 7.18. The highest BCUT2D eigenvalue weighted by molar-refractivity contribution is 6.35. The zero-order valence-electron chi connectivity index (χ0n) is 11.4. The molecule has 2 rings (SSSR count). The van der Waals surface area contributed by atoms with E-state index in [0.29, 0.717) is 15.7 Å². The molecule has 1 atom stereocenters. The monoisotopic (exact) mass is 334 g/mol. The number of halogens is 2. The largest absolute Gasteiger partial charge is 0.370 e. The average Bonchev–Trinajstić information content (AvgIpc) is 2.46. The number of primary amides is 1. The number of amides is 1. The third-order valence-corrected chi connectivity index (χ3v) is 3.76. The molecule has 0 aromatic heterocycles. The van der Waals surface area contributed by atoms with E-state index in [1.807, 2.05) is 0 Å². The zero-order chi connectivity index (χ0) is 16.1. The molecule has 0 aliphatic heterocycles. The van der Waals surface area contributed by atoms with Crippen LogP contribution >= 0.6 is 23.2 Å². The Morgan fingerprint density at radius 1 is 1.23 bits per heavy atom. The van der Waals surface area contributed by atoms with E-state index in [-0.39, 0.29) is 12.3 Å². The molecule has 0 aliphatic rings. The van der Waals surface area contributed by atoms with Crippen LogP contribution in [0.1, 0.15) is 23.5 Å². The highest BCUT2D eigenvalue weighted by Crippen LogP contribution is 2.35. The van der Waals surface area contributed by atoms with Gasteiger partial charge in [-0.05, 0) is 28.8 Å². The molecule has 0 bridgehead atoms. The number of carbonyl (C=O) groups is 1. The van der Waals surface area contributed by atoms with Crippen molar-refractivity contribution in [3.05, 3.63) is 74.1 Å². The maximum Gasteiger partial charge on any atom is 0.218 e. The summed E-state index contributed by atoms with van der Waals surface area (Å²) in [6.07, 6.45) is 0.113. The van der Waals surface area contributed by atoms with Gasteiger partial charge < -0.3 is 5.73 Å². The lowest BCUT2D eigenvalue weighted by Gasteiger charge is -2.18. The van der Waals surface area contributed by atoms with Gasteiger partial charge in [0.05, 0.1) is 0 Å². The topological polar surface area (TPSA) is 91.8 Å². The number of nitrogens with zero attached hydrogens (tertiary/aromatic N) is 3. The van der Waals surface area contributed by atoms with Crippen LogP contribution in [0, 0.1) is 0 Å². The van der Waals surface area contributed by atoms with Crippen LogP contribution in [0.5, 0.6) is 0 Å². The Labute approximate surface area is 137 Å². The summed E-state index contributed by atoms with van der Waals surface area (Å²) in [6.45, 7) is 0. The predicted octanol–water partition coefficient (Wildman–Crippen LogP) is 4.94. The number of hydrogen-bond acceptors (Lipinski definition) is 2. The zero-order valence-corrected chi connectivity index (χ0v) is 12.9. The smallest absolute Gasteiger partial charge is 0.218 e. The van der Waals surface area contributed by atoms with Crippen molar-refractivity contribution in [2.24, 2.45) is 10.8 Å². The maximum atomic E-state index is 11.4. The number of hydrogen-bond donors (Lipinski definition) is 1. The Balaban J connectivity index is 2.45. The molecule has 2 N–H and O–H groups in total. The summed E-state index contributed by atoms with van der Waals surface area (Å²) in [6, 6.07) is 12.0. The van der Waals surface area contributed by atoms with E-state index in [4.69, 9.17) is 34.5 Å². The summed E-state index contributed by atoms with van der Waals surface area (Å²) in [4.78, 5) is 14.1. The Hall–Kier alpha value is -2.20. The molecule has 2 aromatic carbocycles. The van der Waals surface area contributed by atoms with Gasteiger partial charge in [0, 0.05) is 33.0 Å². The van der Waals surface area contributed by atoms with Gasteiger partial charge in [0.25, 0.3) is 0 Å². The quantitative estimate of drug-likeness (QED) is 0.468. The van der Waals surface area contributed by atoms with Crippen molar-refractivity contribution < 1.29 is 4.79 Å². The lowest BCUT2D eigenvalue weighted by Crippen LogP contribution is -2.16. The highest BCUT2D eigenvalue weighted by Gasteiger charge is 2.19. The third kappa shape index (κ3) is 3.92. The molecule has 0 heterocycles.